The average molecular weight is 244 g/mol. The van der Waals surface area contributed by atoms with Crippen molar-refractivity contribution in [1.29, 1.82) is 0 Å². The van der Waals surface area contributed by atoms with E-state index in [2.05, 4.69) is 6.92 Å². The quantitative estimate of drug-likeness (QED) is 0.379. The number of aliphatic carboxylic acids is 2. The molecular formula is C12H20O5. The summed E-state index contributed by atoms with van der Waals surface area (Å²) in [5.74, 6) is -2.06. The van der Waals surface area contributed by atoms with Gasteiger partial charge in [0.2, 0.25) is 0 Å². The average Bonchev–Trinajstić information content (AvgIpc) is 2.22. The minimum Gasteiger partial charge on any atom is -0.513 e. The Kier molecular flexibility index (Phi) is 12.7. The molecule has 5 nitrogen and oxygen atoms in total. The molecule has 0 saturated heterocycles. The molecule has 0 aliphatic carbocycles. The summed E-state index contributed by atoms with van der Waals surface area (Å²) < 4.78 is 0. The lowest BCUT2D eigenvalue weighted by molar-refractivity contribution is -0.134. The largest absolute Gasteiger partial charge is 0.513 e. The molecule has 0 aliphatic heterocycles. The number of carboxylic acids is 2. The van der Waals surface area contributed by atoms with Crippen LogP contribution in [0.4, 0.5) is 0 Å². The molecule has 0 spiro atoms. The van der Waals surface area contributed by atoms with Crippen LogP contribution in [-0.2, 0) is 9.59 Å². The molecule has 0 radical (unpaired) electrons. The topological polar surface area (TPSA) is 94.8 Å². The third-order valence-corrected chi connectivity index (χ3v) is 1.62. The molecule has 5 heteroatoms. The molecule has 0 saturated carbocycles. The van der Waals surface area contributed by atoms with E-state index < -0.39 is 11.9 Å². The summed E-state index contributed by atoms with van der Waals surface area (Å²) in [5.41, 5.74) is 0. The van der Waals surface area contributed by atoms with Crippen molar-refractivity contribution in [2.24, 2.45) is 0 Å². The molecule has 0 unspecified atom stereocenters. The number of unbranched alkanes of at least 4 members (excludes halogenated alkanes) is 3. The molecule has 3 N–H and O–H groups in total. The number of rotatable bonds is 6. The lowest BCUT2D eigenvalue weighted by Crippen LogP contribution is -1.91. The summed E-state index contributed by atoms with van der Waals surface area (Å²) in [4.78, 5) is 19.1. The molecule has 98 valence electrons. The standard InChI is InChI=1S/C8H16O.C4H4O4/c1-3-4-5-6-7-8(2)9;5-3(6)1-2-4(7)8/h7,9H,3-6H2,1-2H3;1-2H,(H,5,6)(H,7,8)/b;2-1-. The molecule has 0 amide bonds. The van der Waals surface area contributed by atoms with Crippen LogP contribution in [0.2, 0.25) is 0 Å². The van der Waals surface area contributed by atoms with Gasteiger partial charge in [-0.3, -0.25) is 0 Å². The predicted octanol–water partition coefficient (Wildman–Crippen LogP) is 2.74. The van der Waals surface area contributed by atoms with Crippen LogP contribution < -0.4 is 0 Å². The molecule has 0 aromatic rings. The van der Waals surface area contributed by atoms with E-state index in [1.54, 1.807) is 6.92 Å². The second kappa shape index (κ2) is 12.3. The fourth-order valence-corrected chi connectivity index (χ4v) is 0.848. The zero-order valence-electron chi connectivity index (χ0n) is 10.2. The summed E-state index contributed by atoms with van der Waals surface area (Å²) in [6.45, 7) is 3.89. The summed E-state index contributed by atoms with van der Waals surface area (Å²) >= 11 is 0. The highest BCUT2D eigenvalue weighted by Gasteiger charge is 1.88. The number of carbonyl (C=O) groups is 2. The smallest absolute Gasteiger partial charge is 0.328 e. The highest BCUT2D eigenvalue weighted by Crippen LogP contribution is 2.00. The Morgan fingerprint density at radius 2 is 1.47 bits per heavy atom. The number of hydrogen-bond donors (Lipinski definition) is 3. The van der Waals surface area contributed by atoms with Gasteiger partial charge in [0, 0.05) is 12.2 Å². The van der Waals surface area contributed by atoms with E-state index >= 15 is 0 Å². The minimum atomic E-state index is -1.26. The van der Waals surface area contributed by atoms with Crippen LogP contribution in [0.1, 0.15) is 39.5 Å². The summed E-state index contributed by atoms with van der Waals surface area (Å²) in [6, 6.07) is 0. The van der Waals surface area contributed by atoms with Gasteiger partial charge in [0.15, 0.2) is 0 Å². The molecule has 0 heterocycles. The van der Waals surface area contributed by atoms with E-state index in [4.69, 9.17) is 15.3 Å². The van der Waals surface area contributed by atoms with Crippen molar-refractivity contribution in [3.05, 3.63) is 24.0 Å². The Hall–Kier alpha value is -1.78. The molecule has 0 aromatic heterocycles. The third kappa shape index (κ3) is 25.0. The molecule has 0 aromatic carbocycles. The lowest BCUT2D eigenvalue weighted by Gasteiger charge is -1.91. The van der Waals surface area contributed by atoms with E-state index in [1.807, 2.05) is 6.08 Å². The highest BCUT2D eigenvalue weighted by molar-refractivity contribution is 5.89. The third-order valence-electron chi connectivity index (χ3n) is 1.62. The minimum absolute atomic E-state index is 0.450. The summed E-state index contributed by atoms with van der Waals surface area (Å²) in [7, 11) is 0. The van der Waals surface area contributed by atoms with Crippen molar-refractivity contribution < 1.29 is 24.9 Å². The van der Waals surface area contributed by atoms with Crippen molar-refractivity contribution in [3.8, 4) is 0 Å². The van der Waals surface area contributed by atoms with E-state index in [0.717, 1.165) is 6.42 Å². The van der Waals surface area contributed by atoms with Crippen LogP contribution >= 0.6 is 0 Å². The molecule has 0 atom stereocenters. The van der Waals surface area contributed by atoms with Crippen molar-refractivity contribution in [2.45, 2.75) is 39.5 Å². The van der Waals surface area contributed by atoms with E-state index in [-0.39, 0.29) is 0 Å². The lowest BCUT2D eigenvalue weighted by atomic mass is 10.2. The first-order valence-corrected chi connectivity index (χ1v) is 5.39. The van der Waals surface area contributed by atoms with Crippen molar-refractivity contribution >= 4 is 11.9 Å². The zero-order valence-corrected chi connectivity index (χ0v) is 10.2. The van der Waals surface area contributed by atoms with Gasteiger partial charge in [-0.15, -0.1) is 0 Å². The molecule has 0 bridgehead atoms. The van der Waals surface area contributed by atoms with Gasteiger partial charge in [-0.25, -0.2) is 9.59 Å². The van der Waals surface area contributed by atoms with Crippen LogP contribution in [0.15, 0.2) is 24.0 Å². The van der Waals surface area contributed by atoms with E-state index in [0.29, 0.717) is 17.9 Å². The predicted molar refractivity (Wildman–Crippen MR) is 64.9 cm³/mol. The van der Waals surface area contributed by atoms with Crippen LogP contribution in [-0.4, -0.2) is 27.3 Å². The van der Waals surface area contributed by atoms with Crippen molar-refractivity contribution in [1.82, 2.24) is 0 Å². The first-order valence-electron chi connectivity index (χ1n) is 5.39. The molecule has 17 heavy (non-hydrogen) atoms. The molecular weight excluding hydrogens is 224 g/mol. The van der Waals surface area contributed by atoms with Gasteiger partial charge in [0.05, 0.1) is 5.76 Å². The maximum absolute atomic E-state index is 9.55. The SMILES string of the molecule is CCCCCC=C(C)O.O=C(O)/C=C\C(=O)O. The maximum Gasteiger partial charge on any atom is 0.328 e. The molecule has 0 fully saturated rings. The summed E-state index contributed by atoms with van der Waals surface area (Å²) in [6.07, 6.45) is 7.73. The number of carboxylic acid groups (broad SMARTS) is 2. The Morgan fingerprint density at radius 3 is 1.76 bits per heavy atom. The maximum atomic E-state index is 9.55. The van der Waals surface area contributed by atoms with Gasteiger partial charge in [-0.1, -0.05) is 19.8 Å². The van der Waals surface area contributed by atoms with Gasteiger partial charge >= 0.3 is 11.9 Å². The van der Waals surface area contributed by atoms with Gasteiger partial charge in [0.1, 0.15) is 0 Å². The second-order valence-electron chi connectivity index (χ2n) is 3.35. The van der Waals surface area contributed by atoms with Crippen molar-refractivity contribution in [3.63, 3.8) is 0 Å². The van der Waals surface area contributed by atoms with Gasteiger partial charge < -0.3 is 15.3 Å². The van der Waals surface area contributed by atoms with Crippen LogP contribution in [0.25, 0.3) is 0 Å². The van der Waals surface area contributed by atoms with Gasteiger partial charge in [-0.05, 0) is 25.8 Å². The van der Waals surface area contributed by atoms with Gasteiger partial charge in [-0.2, -0.15) is 0 Å². The Balaban J connectivity index is 0. The van der Waals surface area contributed by atoms with E-state index in [9.17, 15) is 9.59 Å². The molecule has 0 rings (SSSR count). The van der Waals surface area contributed by atoms with Crippen LogP contribution in [0.3, 0.4) is 0 Å². The first kappa shape index (κ1) is 17.6. The Labute approximate surface area is 101 Å². The highest BCUT2D eigenvalue weighted by atomic mass is 16.4. The molecule has 0 aliphatic rings. The van der Waals surface area contributed by atoms with Crippen LogP contribution in [0, 0.1) is 0 Å². The number of aliphatic hydroxyl groups is 1. The number of allylic oxidation sites excluding steroid dienone is 2. The Bertz CT molecular complexity index is 259. The van der Waals surface area contributed by atoms with Gasteiger partial charge in [0.25, 0.3) is 0 Å². The van der Waals surface area contributed by atoms with E-state index in [1.165, 1.54) is 19.3 Å². The number of aliphatic hydroxyl groups excluding tert-OH is 1. The number of hydrogen-bond acceptors (Lipinski definition) is 3. The first-order chi connectivity index (χ1) is 7.90. The van der Waals surface area contributed by atoms with Crippen molar-refractivity contribution in [2.75, 3.05) is 0 Å². The second-order valence-corrected chi connectivity index (χ2v) is 3.35. The fourth-order valence-electron chi connectivity index (χ4n) is 0.848. The Morgan fingerprint density at radius 1 is 1.00 bits per heavy atom. The monoisotopic (exact) mass is 244 g/mol. The normalized spacial score (nSPS) is 10.8. The van der Waals surface area contributed by atoms with Crippen LogP contribution in [0.5, 0.6) is 0 Å². The zero-order chi connectivity index (χ0) is 13.7. The fraction of sp³-hybridized carbons (Fsp3) is 0.500. The summed E-state index contributed by atoms with van der Waals surface area (Å²) in [5, 5.41) is 24.3.